The van der Waals surface area contributed by atoms with Gasteiger partial charge in [-0.15, -0.1) is 0 Å². The predicted molar refractivity (Wildman–Crippen MR) is 98.4 cm³/mol. The minimum Gasteiger partial charge on any atom is -0.255 e. The lowest BCUT2D eigenvalue weighted by atomic mass is 9.97. The Labute approximate surface area is 147 Å². The molecule has 0 saturated carbocycles. The number of alkyl halides is 1. The molecule has 130 valence electrons. The van der Waals surface area contributed by atoms with Gasteiger partial charge in [0.05, 0.1) is 7.18 Å². The molecule has 0 spiro atoms. The minimum atomic E-state index is -0.800. The van der Waals surface area contributed by atoms with Gasteiger partial charge < -0.3 is 0 Å². The maximum absolute atomic E-state index is 14.5. The molecule has 0 nitrogen and oxygen atoms in total. The highest BCUT2D eigenvalue weighted by molar-refractivity contribution is 5.72. The van der Waals surface area contributed by atoms with Crippen LogP contribution in [0.15, 0.2) is 60.7 Å². The summed E-state index contributed by atoms with van der Waals surface area (Å²) in [6.45, 7) is 4.02. The van der Waals surface area contributed by atoms with E-state index in [1.807, 2.05) is 55.5 Å². The van der Waals surface area contributed by atoms with Gasteiger partial charge in [-0.3, -0.25) is 4.39 Å². The fourth-order valence-corrected chi connectivity index (χ4v) is 2.65. The smallest absolute Gasteiger partial charge is 0.167 e. The van der Waals surface area contributed by atoms with E-state index in [4.69, 9.17) is 0 Å². The van der Waals surface area contributed by atoms with E-state index in [0.29, 0.717) is 23.9 Å². The van der Waals surface area contributed by atoms with Gasteiger partial charge in [-0.05, 0) is 30.0 Å². The molecule has 3 heteroatoms. The molecule has 0 aliphatic rings. The van der Waals surface area contributed by atoms with Crippen molar-refractivity contribution >= 4 is 0 Å². The first kappa shape index (κ1) is 18.8. The van der Waals surface area contributed by atoms with E-state index in [9.17, 15) is 13.2 Å². The maximum Gasteiger partial charge on any atom is 0.167 e. The molecule has 3 rings (SSSR count). The monoisotopic (exact) mass is 342 g/mol. The van der Waals surface area contributed by atoms with E-state index in [0.717, 1.165) is 12.0 Å². The highest BCUT2D eigenvalue weighted by Gasteiger charge is 2.15. The summed E-state index contributed by atoms with van der Waals surface area (Å²) in [7, 11) is 0.500. The number of benzene rings is 3. The summed E-state index contributed by atoms with van der Waals surface area (Å²) in [5.74, 6) is -1.60. The van der Waals surface area contributed by atoms with Crippen LogP contribution in [0.25, 0.3) is 22.3 Å². The first-order chi connectivity index (χ1) is 12.1. The molecule has 3 aromatic carbocycles. The molecular weight excluding hydrogens is 321 g/mol. The summed E-state index contributed by atoms with van der Waals surface area (Å²) in [6, 6.07) is 18.3. The lowest BCUT2D eigenvalue weighted by Crippen LogP contribution is -1.94. The summed E-state index contributed by atoms with van der Waals surface area (Å²) in [4.78, 5) is 0. The fraction of sp³-hybridized carbons (Fsp3) is 0.182. The molecule has 0 heterocycles. The van der Waals surface area contributed by atoms with Crippen LogP contribution in [0.1, 0.15) is 18.1 Å². The highest BCUT2D eigenvalue weighted by Crippen LogP contribution is 2.31. The fourth-order valence-electron chi connectivity index (χ4n) is 2.65. The lowest BCUT2D eigenvalue weighted by molar-refractivity contribution is 0.514. The average Bonchev–Trinajstić information content (AvgIpc) is 2.67. The van der Waals surface area contributed by atoms with Crippen molar-refractivity contribution in [1.29, 1.82) is 0 Å². The van der Waals surface area contributed by atoms with Crippen LogP contribution in [0.3, 0.4) is 0 Å². The second-order valence-electron chi connectivity index (χ2n) is 5.71. The van der Waals surface area contributed by atoms with Crippen LogP contribution in [-0.4, -0.2) is 7.18 Å². The Morgan fingerprint density at radius 2 is 1.04 bits per heavy atom. The lowest BCUT2D eigenvalue weighted by Gasteiger charge is -2.10. The molecule has 0 aromatic heterocycles. The van der Waals surface area contributed by atoms with Crippen molar-refractivity contribution in [2.45, 2.75) is 20.3 Å². The van der Waals surface area contributed by atoms with E-state index >= 15 is 0 Å². The maximum atomic E-state index is 14.5. The molecule has 0 atom stereocenters. The Morgan fingerprint density at radius 3 is 1.44 bits per heavy atom. The summed E-state index contributed by atoms with van der Waals surface area (Å²) in [5, 5.41) is 0. The first-order valence-corrected chi connectivity index (χ1v) is 8.12. The van der Waals surface area contributed by atoms with Crippen molar-refractivity contribution in [2.24, 2.45) is 0 Å². The predicted octanol–water partition coefficient (Wildman–Crippen LogP) is 6.76. The topological polar surface area (TPSA) is 0 Å². The number of rotatable bonds is 3. The second kappa shape index (κ2) is 8.52. The van der Waals surface area contributed by atoms with E-state index < -0.39 is 11.6 Å². The minimum absolute atomic E-state index is 0.288. The molecule has 0 saturated heterocycles. The summed E-state index contributed by atoms with van der Waals surface area (Å²) in [5.41, 5.74) is 4.21. The number of hydrogen-bond acceptors (Lipinski definition) is 0. The second-order valence-corrected chi connectivity index (χ2v) is 5.71. The molecule has 0 amide bonds. The third kappa shape index (κ3) is 4.11. The quantitative estimate of drug-likeness (QED) is 0.493. The molecule has 0 aliphatic heterocycles. The summed E-state index contributed by atoms with van der Waals surface area (Å²) >= 11 is 0. The highest BCUT2D eigenvalue weighted by atomic mass is 19.2. The Kier molecular flexibility index (Phi) is 6.40. The molecule has 0 fully saturated rings. The van der Waals surface area contributed by atoms with E-state index in [2.05, 4.69) is 6.92 Å². The van der Waals surface area contributed by atoms with Gasteiger partial charge in [-0.25, -0.2) is 8.78 Å². The van der Waals surface area contributed by atoms with Gasteiger partial charge >= 0.3 is 0 Å². The van der Waals surface area contributed by atoms with Crippen LogP contribution < -0.4 is 0 Å². The van der Waals surface area contributed by atoms with Crippen molar-refractivity contribution in [1.82, 2.24) is 0 Å². The van der Waals surface area contributed by atoms with Crippen LogP contribution in [0, 0.1) is 18.6 Å². The first-order valence-electron chi connectivity index (χ1n) is 8.12. The van der Waals surface area contributed by atoms with Gasteiger partial charge in [0.15, 0.2) is 11.6 Å². The van der Waals surface area contributed by atoms with Crippen molar-refractivity contribution in [3.63, 3.8) is 0 Å². The molecule has 0 radical (unpaired) electrons. The van der Waals surface area contributed by atoms with Crippen molar-refractivity contribution < 1.29 is 13.2 Å². The summed E-state index contributed by atoms with van der Waals surface area (Å²) in [6.07, 6.45) is 0.920. The third-order valence-corrected chi connectivity index (χ3v) is 4.12. The average molecular weight is 342 g/mol. The molecule has 25 heavy (non-hydrogen) atoms. The van der Waals surface area contributed by atoms with Gasteiger partial charge in [0, 0.05) is 11.1 Å². The molecule has 0 N–H and O–H groups in total. The SMILES string of the molecule is CCc1ccc(-c2ccc(-c3ccc(C)cc3)c(F)c2F)cc1.CF. The number of halogens is 3. The molecule has 0 unspecified atom stereocenters. The van der Waals surface area contributed by atoms with Gasteiger partial charge in [-0.1, -0.05) is 73.2 Å². The van der Waals surface area contributed by atoms with Crippen molar-refractivity contribution in [3.8, 4) is 22.3 Å². The van der Waals surface area contributed by atoms with Crippen molar-refractivity contribution in [2.75, 3.05) is 7.18 Å². The Hall–Kier alpha value is -2.55. The van der Waals surface area contributed by atoms with Crippen LogP contribution in [0.4, 0.5) is 13.2 Å². The zero-order chi connectivity index (χ0) is 18.4. The summed E-state index contributed by atoms with van der Waals surface area (Å²) < 4.78 is 38.5. The number of aryl methyl sites for hydroxylation is 2. The zero-order valence-electron chi connectivity index (χ0n) is 14.6. The third-order valence-electron chi connectivity index (χ3n) is 4.12. The normalized spacial score (nSPS) is 10.2. The van der Waals surface area contributed by atoms with E-state index in [1.54, 1.807) is 12.1 Å². The van der Waals surface area contributed by atoms with Crippen LogP contribution in [-0.2, 0) is 6.42 Å². The number of hydrogen-bond donors (Lipinski definition) is 0. The molecule has 0 aliphatic carbocycles. The Morgan fingerprint density at radius 1 is 0.640 bits per heavy atom. The van der Waals surface area contributed by atoms with Gasteiger partial charge in [-0.2, -0.15) is 0 Å². The molecule has 0 bridgehead atoms. The molecule has 3 aromatic rings. The van der Waals surface area contributed by atoms with Gasteiger partial charge in [0.2, 0.25) is 0 Å². The largest absolute Gasteiger partial charge is 0.255 e. The van der Waals surface area contributed by atoms with Crippen molar-refractivity contribution in [3.05, 3.63) is 83.4 Å². The van der Waals surface area contributed by atoms with Crippen LogP contribution >= 0.6 is 0 Å². The van der Waals surface area contributed by atoms with Crippen LogP contribution in [0.5, 0.6) is 0 Å². The van der Waals surface area contributed by atoms with Gasteiger partial charge in [0.1, 0.15) is 0 Å². The van der Waals surface area contributed by atoms with E-state index in [-0.39, 0.29) is 5.56 Å². The van der Waals surface area contributed by atoms with Gasteiger partial charge in [0.25, 0.3) is 0 Å². The van der Waals surface area contributed by atoms with E-state index in [1.165, 1.54) is 5.56 Å². The zero-order valence-corrected chi connectivity index (χ0v) is 14.6. The molecular formula is C22H21F3. The van der Waals surface area contributed by atoms with Crippen LogP contribution in [0.2, 0.25) is 0 Å². The Balaban J connectivity index is 0.00000109. The standard InChI is InChI=1S/C21H18F2.CH3F/c1-3-15-6-10-17(11-7-15)19-13-12-18(20(22)21(19)23)16-8-4-14(2)5-9-16;1-2/h4-13H,3H2,1-2H3;1H3. The Bertz CT molecular complexity index is 819.